The number of pyridine rings is 1. The van der Waals surface area contributed by atoms with E-state index in [0.29, 0.717) is 0 Å². The molecule has 0 atom stereocenters. The molecule has 0 saturated heterocycles. The van der Waals surface area contributed by atoms with Crippen molar-refractivity contribution in [2.24, 2.45) is 0 Å². The van der Waals surface area contributed by atoms with Crippen molar-refractivity contribution >= 4 is 32.3 Å². The van der Waals surface area contributed by atoms with Crippen molar-refractivity contribution in [2.45, 2.75) is 6.92 Å². The van der Waals surface area contributed by atoms with Gasteiger partial charge in [0, 0.05) is 12.4 Å². The molecule has 0 aliphatic heterocycles. The molecule has 1 heterocycles. The Morgan fingerprint density at radius 1 is 0.372 bits per heavy atom. The number of hydrogen-bond donors (Lipinski definition) is 0. The van der Waals surface area contributed by atoms with Gasteiger partial charge >= 0.3 is 0 Å². The van der Waals surface area contributed by atoms with Gasteiger partial charge in [0.25, 0.3) is 0 Å². The van der Waals surface area contributed by atoms with Crippen LogP contribution in [0.5, 0.6) is 0 Å². The fourth-order valence-corrected chi connectivity index (χ4v) is 6.76. The molecule has 1 heteroatoms. The molecule has 0 aliphatic rings. The third kappa shape index (κ3) is 4.21. The maximum atomic E-state index is 4.32. The predicted molar refractivity (Wildman–Crippen MR) is 183 cm³/mol. The van der Waals surface area contributed by atoms with Crippen molar-refractivity contribution in [3.8, 4) is 44.5 Å². The molecule has 202 valence electrons. The van der Waals surface area contributed by atoms with E-state index in [1.165, 1.54) is 82.4 Å². The minimum atomic E-state index is 1.18. The monoisotopic (exact) mass is 547 g/mol. The summed E-state index contributed by atoms with van der Waals surface area (Å²) in [6, 6.07) is 53.0. The van der Waals surface area contributed by atoms with Crippen molar-refractivity contribution in [1.82, 2.24) is 4.98 Å². The average molecular weight is 548 g/mol. The Bertz CT molecular complexity index is 2240. The van der Waals surface area contributed by atoms with E-state index >= 15 is 0 Å². The molecular formula is C42H29N. The molecule has 8 aromatic rings. The van der Waals surface area contributed by atoms with Gasteiger partial charge in [0.05, 0.1) is 0 Å². The first-order chi connectivity index (χ1) is 21.3. The summed E-state index contributed by atoms with van der Waals surface area (Å²) in [4.78, 5) is 4.32. The second-order valence-corrected chi connectivity index (χ2v) is 11.2. The number of benzene rings is 7. The van der Waals surface area contributed by atoms with Crippen LogP contribution in [0, 0.1) is 6.92 Å². The van der Waals surface area contributed by atoms with Gasteiger partial charge in [-0.25, -0.2) is 0 Å². The van der Waals surface area contributed by atoms with Crippen LogP contribution in [0.2, 0.25) is 0 Å². The Labute approximate surface area is 251 Å². The van der Waals surface area contributed by atoms with E-state index < -0.39 is 0 Å². The predicted octanol–water partition coefficient (Wildman–Crippen LogP) is 11.5. The quantitative estimate of drug-likeness (QED) is 0.200. The molecule has 0 amide bonds. The largest absolute Gasteiger partial charge is 0.264 e. The van der Waals surface area contributed by atoms with Gasteiger partial charge in [-0.15, -0.1) is 0 Å². The highest BCUT2D eigenvalue weighted by atomic mass is 14.6. The van der Waals surface area contributed by atoms with Crippen molar-refractivity contribution < 1.29 is 0 Å². The van der Waals surface area contributed by atoms with Crippen LogP contribution in [0.15, 0.2) is 158 Å². The highest BCUT2D eigenvalue weighted by Gasteiger charge is 2.19. The van der Waals surface area contributed by atoms with Crippen LogP contribution in [0.3, 0.4) is 0 Å². The van der Waals surface area contributed by atoms with E-state index in [1.54, 1.807) is 0 Å². The highest BCUT2D eigenvalue weighted by Crippen LogP contribution is 2.46. The number of fused-ring (bicyclic) bond motifs is 3. The molecule has 0 fully saturated rings. The Balaban J connectivity index is 1.44. The van der Waals surface area contributed by atoms with E-state index in [2.05, 4.69) is 158 Å². The van der Waals surface area contributed by atoms with Crippen LogP contribution < -0.4 is 0 Å². The average Bonchev–Trinajstić information content (AvgIpc) is 3.07. The van der Waals surface area contributed by atoms with Gasteiger partial charge in [0.15, 0.2) is 0 Å². The number of nitrogens with zero attached hydrogens (tertiary/aromatic N) is 1. The van der Waals surface area contributed by atoms with Gasteiger partial charge in [-0.05, 0) is 101 Å². The first kappa shape index (κ1) is 25.2. The van der Waals surface area contributed by atoms with Crippen LogP contribution in [0.25, 0.3) is 76.8 Å². The third-order valence-electron chi connectivity index (χ3n) is 8.69. The second-order valence-electron chi connectivity index (χ2n) is 11.2. The summed E-state index contributed by atoms with van der Waals surface area (Å²) in [7, 11) is 0. The minimum absolute atomic E-state index is 1.18. The molecule has 0 aliphatic carbocycles. The molecule has 0 N–H and O–H groups in total. The number of rotatable bonds is 4. The molecule has 8 rings (SSSR count). The van der Waals surface area contributed by atoms with Gasteiger partial charge in [0.2, 0.25) is 0 Å². The first-order valence-electron chi connectivity index (χ1n) is 14.8. The van der Waals surface area contributed by atoms with Gasteiger partial charge in [-0.3, -0.25) is 4.98 Å². The Morgan fingerprint density at radius 3 is 1.53 bits per heavy atom. The van der Waals surface area contributed by atoms with Crippen LogP contribution in [0.1, 0.15) is 5.56 Å². The Hall–Kier alpha value is -5.53. The maximum absolute atomic E-state index is 4.32. The van der Waals surface area contributed by atoms with Crippen molar-refractivity contribution in [1.29, 1.82) is 0 Å². The Kier molecular flexibility index (Phi) is 6.09. The van der Waals surface area contributed by atoms with E-state index in [-0.39, 0.29) is 0 Å². The van der Waals surface area contributed by atoms with E-state index in [1.807, 2.05) is 12.4 Å². The lowest BCUT2D eigenvalue weighted by Crippen LogP contribution is -1.93. The van der Waals surface area contributed by atoms with Crippen molar-refractivity contribution in [3.63, 3.8) is 0 Å². The molecule has 0 spiro atoms. The lowest BCUT2D eigenvalue weighted by Gasteiger charge is -2.20. The van der Waals surface area contributed by atoms with Gasteiger partial charge in [-0.1, -0.05) is 133 Å². The zero-order valence-electron chi connectivity index (χ0n) is 24.0. The van der Waals surface area contributed by atoms with Crippen molar-refractivity contribution in [2.75, 3.05) is 0 Å². The van der Waals surface area contributed by atoms with E-state index in [9.17, 15) is 0 Å². The topological polar surface area (TPSA) is 12.9 Å². The number of aryl methyl sites for hydroxylation is 1. The summed E-state index contributed by atoms with van der Waals surface area (Å²) < 4.78 is 0. The fourth-order valence-electron chi connectivity index (χ4n) is 6.76. The zero-order chi connectivity index (χ0) is 28.8. The maximum Gasteiger partial charge on any atom is 0.0303 e. The van der Waals surface area contributed by atoms with Crippen LogP contribution >= 0.6 is 0 Å². The van der Waals surface area contributed by atoms with Gasteiger partial charge in [-0.2, -0.15) is 0 Å². The smallest absolute Gasteiger partial charge is 0.0303 e. The Morgan fingerprint density at radius 2 is 0.884 bits per heavy atom. The standard InChI is InChI=1S/C42H29N/c1-28-27-43-25-24-32(28)30-14-11-15-31(26-30)41-36-18-7-9-20-38(36)42(39-21-10-8-19-37(39)41)40-23-22-33(29-12-3-2-4-13-29)34-16-5-6-17-35(34)40/h2-27H,1H3. The minimum Gasteiger partial charge on any atom is -0.264 e. The highest BCUT2D eigenvalue weighted by molar-refractivity contribution is 6.24. The zero-order valence-corrected chi connectivity index (χ0v) is 24.0. The number of aromatic nitrogens is 1. The lowest BCUT2D eigenvalue weighted by molar-refractivity contribution is 1.27. The van der Waals surface area contributed by atoms with E-state index in [4.69, 9.17) is 0 Å². The van der Waals surface area contributed by atoms with Crippen LogP contribution in [-0.2, 0) is 0 Å². The molecule has 1 aromatic heterocycles. The SMILES string of the molecule is Cc1cnccc1-c1cccc(-c2c3ccccc3c(-c3ccc(-c4ccccc4)c4ccccc34)c3ccccc23)c1. The second kappa shape index (κ2) is 10.4. The molecule has 43 heavy (non-hydrogen) atoms. The summed E-state index contributed by atoms with van der Waals surface area (Å²) in [5.74, 6) is 0. The molecule has 0 unspecified atom stereocenters. The lowest BCUT2D eigenvalue weighted by atomic mass is 9.83. The summed E-state index contributed by atoms with van der Waals surface area (Å²) in [6.07, 6.45) is 3.82. The molecule has 0 saturated carbocycles. The normalized spacial score (nSPS) is 11.4. The summed E-state index contributed by atoms with van der Waals surface area (Å²) in [5, 5.41) is 7.58. The van der Waals surface area contributed by atoms with Crippen LogP contribution in [-0.4, -0.2) is 4.98 Å². The number of hydrogen-bond acceptors (Lipinski definition) is 1. The fraction of sp³-hybridized carbons (Fsp3) is 0.0238. The van der Waals surface area contributed by atoms with Gasteiger partial charge < -0.3 is 0 Å². The van der Waals surface area contributed by atoms with E-state index in [0.717, 1.165) is 0 Å². The summed E-state index contributed by atoms with van der Waals surface area (Å²) >= 11 is 0. The summed E-state index contributed by atoms with van der Waals surface area (Å²) in [6.45, 7) is 2.13. The molecular weight excluding hydrogens is 518 g/mol. The van der Waals surface area contributed by atoms with Gasteiger partial charge in [0.1, 0.15) is 0 Å². The van der Waals surface area contributed by atoms with Crippen molar-refractivity contribution in [3.05, 3.63) is 164 Å². The molecule has 0 bridgehead atoms. The molecule has 7 aromatic carbocycles. The summed E-state index contributed by atoms with van der Waals surface area (Å²) in [5.41, 5.74) is 11.1. The molecule has 1 nitrogen and oxygen atoms in total. The van der Waals surface area contributed by atoms with Crippen LogP contribution in [0.4, 0.5) is 0 Å². The first-order valence-corrected chi connectivity index (χ1v) is 14.8. The molecule has 0 radical (unpaired) electrons. The third-order valence-corrected chi connectivity index (χ3v) is 8.69.